The van der Waals surface area contributed by atoms with Crippen LogP contribution in [0.5, 0.6) is 0 Å². The number of hydrogen-bond acceptors (Lipinski definition) is 4. The Morgan fingerprint density at radius 2 is 1.96 bits per heavy atom. The highest BCUT2D eigenvalue weighted by atomic mass is 127. The summed E-state index contributed by atoms with van der Waals surface area (Å²) in [6.45, 7) is 5.92. The van der Waals surface area contributed by atoms with Crippen molar-refractivity contribution in [1.82, 2.24) is 20.1 Å². The molecule has 1 unspecified atom stereocenters. The van der Waals surface area contributed by atoms with E-state index in [-0.39, 0.29) is 30.0 Å². The molecule has 1 atom stereocenters. The summed E-state index contributed by atoms with van der Waals surface area (Å²) in [6, 6.07) is 5.89. The molecule has 2 aliphatic heterocycles. The second-order valence-electron chi connectivity index (χ2n) is 6.94. The number of anilines is 1. The molecule has 2 aliphatic rings. The first-order valence-electron chi connectivity index (χ1n) is 9.45. The lowest BCUT2D eigenvalue weighted by molar-refractivity contribution is -0.143. The van der Waals surface area contributed by atoms with Gasteiger partial charge in [-0.1, -0.05) is 6.07 Å². The van der Waals surface area contributed by atoms with Crippen molar-refractivity contribution in [3.05, 3.63) is 24.4 Å². The van der Waals surface area contributed by atoms with E-state index in [0.717, 1.165) is 38.0 Å². The Morgan fingerprint density at radius 3 is 2.57 bits per heavy atom. The van der Waals surface area contributed by atoms with Crippen LogP contribution in [0.25, 0.3) is 0 Å². The number of pyridine rings is 1. The van der Waals surface area contributed by atoms with Crippen LogP contribution in [0.4, 0.5) is 19.0 Å². The van der Waals surface area contributed by atoms with E-state index in [1.807, 2.05) is 25.1 Å². The molecule has 3 heterocycles. The summed E-state index contributed by atoms with van der Waals surface area (Å²) in [7, 11) is 0. The van der Waals surface area contributed by atoms with Gasteiger partial charge in [0, 0.05) is 58.1 Å². The molecular weight excluding hydrogens is 484 g/mol. The van der Waals surface area contributed by atoms with Crippen molar-refractivity contribution in [2.45, 2.75) is 25.6 Å². The SMILES string of the molecule is CCN=C(NC1CCN(CC(F)(F)F)C1)N1CCN(c2ccccn2)CC1.I. The number of aromatic nitrogens is 1. The Labute approximate surface area is 181 Å². The van der Waals surface area contributed by atoms with Gasteiger partial charge in [-0.05, 0) is 25.5 Å². The number of alkyl halides is 3. The van der Waals surface area contributed by atoms with Crippen LogP contribution < -0.4 is 10.2 Å². The Bertz CT molecular complexity index is 619. The van der Waals surface area contributed by atoms with Crippen molar-refractivity contribution >= 4 is 35.8 Å². The average molecular weight is 512 g/mol. The molecular formula is C18H28F3IN6. The lowest BCUT2D eigenvalue weighted by Crippen LogP contribution is -2.54. The number of hydrogen-bond donors (Lipinski definition) is 1. The first kappa shape index (κ1) is 23.0. The maximum absolute atomic E-state index is 12.6. The molecule has 28 heavy (non-hydrogen) atoms. The summed E-state index contributed by atoms with van der Waals surface area (Å²) < 4.78 is 37.7. The summed E-state index contributed by atoms with van der Waals surface area (Å²) in [5.74, 6) is 1.77. The Hall–Kier alpha value is -1.30. The Morgan fingerprint density at radius 1 is 1.21 bits per heavy atom. The third-order valence-electron chi connectivity index (χ3n) is 4.87. The highest BCUT2D eigenvalue weighted by Gasteiger charge is 2.35. The van der Waals surface area contributed by atoms with Crippen LogP contribution in [-0.2, 0) is 0 Å². The molecule has 1 aromatic rings. The molecule has 0 bridgehead atoms. The maximum atomic E-state index is 12.6. The fourth-order valence-electron chi connectivity index (χ4n) is 3.61. The summed E-state index contributed by atoms with van der Waals surface area (Å²) in [6.07, 6.45) is -1.65. The summed E-state index contributed by atoms with van der Waals surface area (Å²) in [4.78, 5) is 14.8. The highest BCUT2D eigenvalue weighted by molar-refractivity contribution is 14.0. The minimum atomic E-state index is -4.14. The van der Waals surface area contributed by atoms with Gasteiger partial charge in [0.1, 0.15) is 5.82 Å². The van der Waals surface area contributed by atoms with Crippen molar-refractivity contribution < 1.29 is 13.2 Å². The molecule has 158 valence electrons. The normalized spacial score (nSPS) is 21.6. The van der Waals surface area contributed by atoms with Crippen molar-refractivity contribution in [2.75, 3.05) is 57.3 Å². The quantitative estimate of drug-likeness (QED) is 0.382. The highest BCUT2D eigenvalue weighted by Crippen LogP contribution is 2.20. The van der Waals surface area contributed by atoms with Crippen LogP contribution in [0.3, 0.4) is 0 Å². The van der Waals surface area contributed by atoms with E-state index in [0.29, 0.717) is 26.1 Å². The molecule has 0 saturated carbocycles. The number of nitrogens with one attached hydrogen (secondary N) is 1. The molecule has 1 N–H and O–H groups in total. The van der Waals surface area contributed by atoms with Crippen LogP contribution in [0.1, 0.15) is 13.3 Å². The van der Waals surface area contributed by atoms with Crippen molar-refractivity contribution in [2.24, 2.45) is 4.99 Å². The topological polar surface area (TPSA) is 47.0 Å². The third kappa shape index (κ3) is 6.64. The molecule has 2 fully saturated rings. The fraction of sp³-hybridized carbons (Fsp3) is 0.667. The molecule has 0 radical (unpaired) electrons. The van der Waals surface area contributed by atoms with Crippen LogP contribution in [0.2, 0.25) is 0 Å². The van der Waals surface area contributed by atoms with E-state index in [1.54, 1.807) is 6.20 Å². The van der Waals surface area contributed by atoms with Gasteiger partial charge in [-0.3, -0.25) is 9.89 Å². The van der Waals surface area contributed by atoms with Crippen molar-refractivity contribution in [3.63, 3.8) is 0 Å². The molecule has 6 nitrogen and oxygen atoms in total. The van der Waals surface area contributed by atoms with Gasteiger partial charge in [0.15, 0.2) is 5.96 Å². The van der Waals surface area contributed by atoms with E-state index in [9.17, 15) is 13.2 Å². The average Bonchev–Trinajstić information content (AvgIpc) is 3.07. The van der Waals surface area contributed by atoms with Gasteiger partial charge >= 0.3 is 6.18 Å². The summed E-state index contributed by atoms with van der Waals surface area (Å²) >= 11 is 0. The first-order valence-corrected chi connectivity index (χ1v) is 9.45. The number of aliphatic imine (C=N–C) groups is 1. The standard InChI is InChI=1S/C18H27F3N6.HI/c1-2-22-17(24-15-6-8-25(13-15)14-18(19,20)21)27-11-9-26(10-12-27)16-5-3-4-7-23-16;/h3-5,7,15H,2,6,8-14H2,1H3,(H,22,24);1H. The lowest BCUT2D eigenvalue weighted by atomic mass is 10.2. The monoisotopic (exact) mass is 512 g/mol. The largest absolute Gasteiger partial charge is 0.401 e. The van der Waals surface area contributed by atoms with E-state index in [4.69, 9.17) is 0 Å². The zero-order chi connectivity index (χ0) is 19.3. The molecule has 0 aliphatic carbocycles. The van der Waals surface area contributed by atoms with Gasteiger partial charge in [-0.25, -0.2) is 4.98 Å². The number of halogens is 4. The molecule has 0 amide bonds. The number of nitrogens with zero attached hydrogens (tertiary/aromatic N) is 5. The van der Waals surface area contributed by atoms with Crippen LogP contribution >= 0.6 is 24.0 Å². The Balaban J connectivity index is 0.00000280. The van der Waals surface area contributed by atoms with Gasteiger partial charge in [0.25, 0.3) is 0 Å². The third-order valence-corrected chi connectivity index (χ3v) is 4.87. The summed E-state index contributed by atoms with van der Waals surface area (Å²) in [5.41, 5.74) is 0. The molecule has 0 aromatic carbocycles. The smallest absolute Gasteiger partial charge is 0.353 e. The second kappa shape index (κ2) is 10.5. The number of rotatable bonds is 4. The minimum Gasteiger partial charge on any atom is -0.353 e. The van der Waals surface area contributed by atoms with E-state index >= 15 is 0 Å². The first-order chi connectivity index (χ1) is 12.9. The van der Waals surface area contributed by atoms with Gasteiger partial charge in [-0.15, -0.1) is 24.0 Å². The number of piperazine rings is 1. The summed E-state index contributed by atoms with van der Waals surface area (Å²) in [5, 5.41) is 3.39. The van der Waals surface area contributed by atoms with E-state index in [2.05, 4.69) is 25.1 Å². The van der Waals surface area contributed by atoms with Gasteiger partial charge in [0.05, 0.1) is 6.54 Å². The molecule has 0 spiro atoms. The molecule has 3 rings (SSSR count). The molecule has 2 saturated heterocycles. The Kier molecular flexibility index (Phi) is 8.59. The predicted octanol–water partition coefficient (Wildman–Crippen LogP) is 2.42. The van der Waals surface area contributed by atoms with Crippen LogP contribution in [0, 0.1) is 0 Å². The maximum Gasteiger partial charge on any atom is 0.401 e. The predicted molar refractivity (Wildman–Crippen MR) is 115 cm³/mol. The lowest BCUT2D eigenvalue weighted by Gasteiger charge is -2.37. The van der Waals surface area contributed by atoms with Crippen LogP contribution in [-0.4, -0.2) is 85.3 Å². The number of guanidine groups is 1. The zero-order valence-electron chi connectivity index (χ0n) is 16.0. The number of likely N-dealkylation sites (tertiary alicyclic amines) is 1. The minimum absolute atomic E-state index is 0. The van der Waals surface area contributed by atoms with Crippen molar-refractivity contribution in [3.8, 4) is 0 Å². The molecule has 10 heteroatoms. The van der Waals surface area contributed by atoms with Gasteiger partial charge < -0.3 is 15.1 Å². The van der Waals surface area contributed by atoms with E-state index < -0.39 is 12.7 Å². The zero-order valence-corrected chi connectivity index (χ0v) is 18.4. The van der Waals surface area contributed by atoms with Crippen LogP contribution in [0.15, 0.2) is 29.4 Å². The molecule has 1 aromatic heterocycles. The second-order valence-corrected chi connectivity index (χ2v) is 6.94. The fourth-order valence-corrected chi connectivity index (χ4v) is 3.61. The van der Waals surface area contributed by atoms with E-state index in [1.165, 1.54) is 4.90 Å². The van der Waals surface area contributed by atoms with Gasteiger partial charge in [-0.2, -0.15) is 13.2 Å². The van der Waals surface area contributed by atoms with Crippen molar-refractivity contribution in [1.29, 1.82) is 0 Å². The van der Waals surface area contributed by atoms with Gasteiger partial charge in [0.2, 0.25) is 0 Å².